The number of carbonyl (C=O) groups is 1. The minimum absolute atomic E-state index is 0.267. The molecule has 0 saturated carbocycles. The van der Waals surface area contributed by atoms with Crippen molar-refractivity contribution in [2.24, 2.45) is 0 Å². The molecule has 0 saturated heterocycles. The molecule has 76 valence electrons. The van der Waals surface area contributed by atoms with Gasteiger partial charge in [-0.1, -0.05) is 25.1 Å². The molecule has 0 aliphatic heterocycles. The Kier molecular flexibility index (Phi) is 3.87. The molecule has 1 aromatic carbocycles. The second kappa shape index (κ2) is 4.94. The zero-order valence-corrected chi connectivity index (χ0v) is 9.26. The average molecular weight is 190 g/mol. The first-order valence-electron chi connectivity index (χ1n) is 5.21. The minimum atomic E-state index is 0.267. The number of ketones is 1. The highest BCUT2D eigenvalue weighted by molar-refractivity contribution is 5.75. The fourth-order valence-corrected chi connectivity index (χ4v) is 1.58. The maximum atomic E-state index is 10.8. The summed E-state index contributed by atoms with van der Waals surface area (Å²) in [6, 6.07) is 6.49. The maximum absolute atomic E-state index is 10.8. The number of benzene rings is 1. The molecule has 14 heavy (non-hydrogen) atoms. The third-order valence-corrected chi connectivity index (χ3v) is 2.56. The smallest absolute Gasteiger partial charge is 0.130 e. The Morgan fingerprint density at radius 1 is 1.36 bits per heavy atom. The van der Waals surface area contributed by atoms with E-state index < -0.39 is 0 Å². The molecule has 0 atom stereocenters. The molecule has 0 radical (unpaired) electrons. The quantitative estimate of drug-likeness (QED) is 0.713. The Morgan fingerprint density at radius 2 is 2.07 bits per heavy atom. The molecule has 1 aromatic rings. The van der Waals surface area contributed by atoms with E-state index in [0.717, 1.165) is 12.8 Å². The van der Waals surface area contributed by atoms with Gasteiger partial charge in [-0.2, -0.15) is 0 Å². The molecule has 0 fully saturated rings. The van der Waals surface area contributed by atoms with Crippen molar-refractivity contribution in [2.45, 2.75) is 40.0 Å². The van der Waals surface area contributed by atoms with Gasteiger partial charge in [0.05, 0.1) is 0 Å². The number of carbonyl (C=O) groups excluding carboxylic acids is 1. The summed E-state index contributed by atoms with van der Waals surface area (Å²) in [6.45, 7) is 5.94. The Balaban J connectivity index is 2.74. The van der Waals surface area contributed by atoms with Crippen molar-refractivity contribution in [3.8, 4) is 0 Å². The highest BCUT2D eigenvalue weighted by Gasteiger charge is 2.00. The summed E-state index contributed by atoms with van der Waals surface area (Å²) >= 11 is 0. The molecule has 0 unspecified atom stereocenters. The van der Waals surface area contributed by atoms with Gasteiger partial charge in [-0.05, 0) is 43.4 Å². The summed E-state index contributed by atoms with van der Waals surface area (Å²) in [4.78, 5) is 10.8. The van der Waals surface area contributed by atoms with Gasteiger partial charge in [0.1, 0.15) is 5.78 Å². The Morgan fingerprint density at radius 3 is 2.64 bits per heavy atom. The van der Waals surface area contributed by atoms with E-state index in [2.05, 4.69) is 32.0 Å². The van der Waals surface area contributed by atoms with Crippen LogP contribution in [0.4, 0.5) is 0 Å². The van der Waals surface area contributed by atoms with Gasteiger partial charge in [0.2, 0.25) is 0 Å². The lowest BCUT2D eigenvalue weighted by Crippen LogP contribution is -1.96. The van der Waals surface area contributed by atoms with Crippen molar-refractivity contribution in [1.29, 1.82) is 0 Å². The van der Waals surface area contributed by atoms with Gasteiger partial charge in [0.15, 0.2) is 0 Å². The summed E-state index contributed by atoms with van der Waals surface area (Å²) in [5.41, 5.74) is 4.02. The van der Waals surface area contributed by atoms with E-state index in [0.29, 0.717) is 6.42 Å². The van der Waals surface area contributed by atoms with Crippen molar-refractivity contribution in [1.82, 2.24) is 0 Å². The standard InChI is InChI=1S/C13H18O/c1-4-13-9-12(7-5-10(13)2)8-6-11(3)14/h5,7,9H,4,6,8H2,1-3H3. The van der Waals surface area contributed by atoms with E-state index in [1.807, 2.05) is 0 Å². The normalized spacial score (nSPS) is 10.2. The van der Waals surface area contributed by atoms with Gasteiger partial charge in [-0.25, -0.2) is 0 Å². The molecule has 0 aromatic heterocycles. The van der Waals surface area contributed by atoms with E-state index in [4.69, 9.17) is 0 Å². The lowest BCUT2D eigenvalue weighted by Gasteiger charge is -2.06. The summed E-state index contributed by atoms with van der Waals surface area (Å²) in [5, 5.41) is 0. The molecule has 0 N–H and O–H groups in total. The summed E-state index contributed by atoms with van der Waals surface area (Å²) in [7, 11) is 0. The minimum Gasteiger partial charge on any atom is -0.300 e. The molecule has 0 heterocycles. The van der Waals surface area contributed by atoms with E-state index in [1.54, 1.807) is 6.92 Å². The molecule has 0 aliphatic carbocycles. The van der Waals surface area contributed by atoms with Crippen LogP contribution in [0.3, 0.4) is 0 Å². The first-order chi connectivity index (χ1) is 6.63. The highest BCUT2D eigenvalue weighted by Crippen LogP contribution is 2.13. The SMILES string of the molecule is CCc1cc(CCC(C)=O)ccc1C. The molecular weight excluding hydrogens is 172 g/mol. The summed E-state index contributed by atoms with van der Waals surface area (Å²) in [5.74, 6) is 0.267. The van der Waals surface area contributed by atoms with Crippen LogP contribution in [0.5, 0.6) is 0 Å². The number of hydrogen-bond donors (Lipinski definition) is 0. The van der Waals surface area contributed by atoms with Crippen molar-refractivity contribution in [3.05, 3.63) is 34.9 Å². The monoisotopic (exact) mass is 190 g/mol. The second-order valence-electron chi connectivity index (χ2n) is 3.82. The fourth-order valence-electron chi connectivity index (χ4n) is 1.58. The predicted molar refractivity (Wildman–Crippen MR) is 59.6 cm³/mol. The number of hydrogen-bond acceptors (Lipinski definition) is 1. The molecule has 0 amide bonds. The van der Waals surface area contributed by atoms with Crippen LogP contribution in [0, 0.1) is 6.92 Å². The van der Waals surface area contributed by atoms with Crippen LogP contribution >= 0.6 is 0 Å². The van der Waals surface area contributed by atoms with Gasteiger partial charge in [0, 0.05) is 6.42 Å². The molecule has 1 heteroatoms. The van der Waals surface area contributed by atoms with Gasteiger partial charge in [0.25, 0.3) is 0 Å². The van der Waals surface area contributed by atoms with Crippen LogP contribution in [-0.4, -0.2) is 5.78 Å². The van der Waals surface area contributed by atoms with Crippen LogP contribution in [-0.2, 0) is 17.6 Å². The third kappa shape index (κ3) is 2.99. The first-order valence-corrected chi connectivity index (χ1v) is 5.21. The van der Waals surface area contributed by atoms with Crippen molar-refractivity contribution in [2.75, 3.05) is 0 Å². The van der Waals surface area contributed by atoms with E-state index >= 15 is 0 Å². The van der Waals surface area contributed by atoms with E-state index in [-0.39, 0.29) is 5.78 Å². The summed E-state index contributed by atoms with van der Waals surface area (Å²) in [6.07, 6.45) is 2.61. The van der Waals surface area contributed by atoms with Crippen LogP contribution in [0.1, 0.15) is 37.0 Å². The van der Waals surface area contributed by atoms with E-state index in [9.17, 15) is 4.79 Å². The zero-order valence-electron chi connectivity index (χ0n) is 9.26. The Hall–Kier alpha value is -1.11. The van der Waals surface area contributed by atoms with Crippen LogP contribution in [0.15, 0.2) is 18.2 Å². The van der Waals surface area contributed by atoms with Gasteiger partial charge in [-0.15, -0.1) is 0 Å². The first kappa shape index (κ1) is 11.0. The molecule has 0 spiro atoms. The van der Waals surface area contributed by atoms with Crippen molar-refractivity contribution < 1.29 is 4.79 Å². The molecule has 0 aliphatic rings. The highest BCUT2D eigenvalue weighted by atomic mass is 16.1. The van der Waals surface area contributed by atoms with Crippen LogP contribution in [0.2, 0.25) is 0 Å². The maximum Gasteiger partial charge on any atom is 0.130 e. The molecular formula is C13H18O. The number of Topliss-reactive ketones (excluding diaryl/α,β-unsaturated/α-hetero) is 1. The fraction of sp³-hybridized carbons (Fsp3) is 0.462. The largest absolute Gasteiger partial charge is 0.300 e. The van der Waals surface area contributed by atoms with Crippen LogP contribution in [0.25, 0.3) is 0 Å². The Bertz CT molecular complexity index is 326. The van der Waals surface area contributed by atoms with Crippen molar-refractivity contribution >= 4 is 5.78 Å². The van der Waals surface area contributed by atoms with Gasteiger partial charge in [-0.3, -0.25) is 0 Å². The Labute approximate surface area is 86.1 Å². The number of aryl methyl sites for hydroxylation is 3. The lowest BCUT2D eigenvalue weighted by atomic mass is 10.00. The zero-order chi connectivity index (χ0) is 10.6. The molecule has 0 bridgehead atoms. The average Bonchev–Trinajstić information content (AvgIpc) is 2.16. The number of rotatable bonds is 4. The van der Waals surface area contributed by atoms with Gasteiger partial charge < -0.3 is 4.79 Å². The third-order valence-electron chi connectivity index (χ3n) is 2.56. The summed E-state index contributed by atoms with van der Waals surface area (Å²) < 4.78 is 0. The van der Waals surface area contributed by atoms with Crippen molar-refractivity contribution in [3.63, 3.8) is 0 Å². The predicted octanol–water partition coefficient (Wildman–Crippen LogP) is 3.08. The molecule has 1 rings (SSSR count). The second-order valence-corrected chi connectivity index (χ2v) is 3.82. The lowest BCUT2D eigenvalue weighted by molar-refractivity contribution is -0.116. The van der Waals surface area contributed by atoms with Crippen LogP contribution < -0.4 is 0 Å². The van der Waals surface area contributed by atoms with Gasteiger partial charge >= 0.3 is 0 Å². The topological polar surface area (TPSA) is 17.1 Å². The van der Waals surface area contributed by atoms with E-state index in [1.165, 1.54) is 16.7 Å². The molecule has 1 nitrogen and oxygen atoms in total.